The Hall–Kier alpha value is -0.120. The summed E-state index contributed by atoms with van der Waals surface area (Å²) in [7, 11) is 0. The molecule has 0 bridgehead atoms. The Balaban J connectivity index is 1.90. The summed E-state index contributed by atoms with van der Waals surface area (Å²) in [5, 5.41) is 3.64. The van der Waals surface area contributed by atoms with Crippen LogP contribution in [0.1, 0.15) is 46.5 Å². The Bertz CT molecular complexity index is 185. The minimum absolute atomic E-state index is 0.694. The molecular weight excluding hydrogens is 212 g/mol. The normalized spacial score (nSPS) is 21.5. The van der Waals surface area contributed by atoms with Crippen molar-refractivity contribution in [3.63, 3.8) is 0 Å². The highest BCUT2D eigenvalue weighted by atomic mass is 16.5. The number of hydrogen-bond acceptors (Lipinski definition) is 3. The fraction of sp³-hybridized carbons (Fsp3) is 1.00. The van der Waals surface area contributed by atoms with Gasteiger partial charge >= 0.3 is 0 Å². The minimum Gasteiger partial charge on any atom is -0.381 e. The highest BCUT2D eigenvalue weighted by molar-refractivity contribution is 4.82. The fourth-order valence-corrected chi connectivity index (χ4v) is 2.25. The van der Waals surface area contributed by atoms with Crippen molar-refractivity contribution in [3.05, 3.63) is 0 Å². The molecule has 0 aromatic rings. The standard InChI is InChI=1S/C14H30N2O/c1-4-5-10-17-11-6-8-15-14-7-9-16(12-14)13(2)3/h13-15H,4-12H2,1-3H3. The van der Waals surface area contributed by atoms with Crippen LogP contribution in [-0.4, -0.2) is 49.8 Å². The molecule has 3 nitrogen and oxygen atoms in total. The monoisotopic (exact) mass is 242 g/mol. The predicted molar refractivity (Wildman–Crippen MR) is 73.5 cm³/mol. The van der Waals surface area contributed by atoms with Gasteiger partial charge in [0.1, 0.15) is 0 Å². The largest absolute Gasteiger partial charge is 0.381 e. The van der Waals surface area contributed by atoms with Crippen molar-refractivity contribution in [2.45, 2.75) is 58.5 Å². The van der Waals surface area contributed by atoms with Gasteiger partial charge in [0.25, 0.3) is 0 Å². The van der Waals surface area contributed by atoms with E-state index in [1.54, 1.807) is 0 Å². The summed E-state index contributed by atoms with van der Waals surface area (Å²) in [6.45, 7) is 12.2. The van der Waals surface area contributed by atoms with Crippen molar-refractivity contribution in [2.75, 3.05) is 32.8 Å². The van der Waals surface area contributed by atoms with Crippen LogP contribution in [0, 0.1) is 0 Å². The molecule has 1 atom stereocenters. The number of nitrogens with zero attached hydrogens (tertiary/aromatic N) is 1. The number of unbranched alkanes of at least 4 members (excludes halogenated alkanes) is 1. The van der Waals surface area contributed by atoms with Gasteiger partial charge in [-0.25, -0.2) is 0 Å². The molecule has 0 radical (unpaired) electrons. The molecule has 1 saturated heterocycles. The summed E-state index contributed by atoms with van der Waals surface area (Å²) in [6.07, 6.45) is 4.86. The summed E-state index contributed by atoms with van der Waals surface area (Å²) in [5.41, 5.74) is 0. The highest BCUT2D eigenvalue weighted by Crippen LogP contribution is 2.11. The maximum atomic E-state index is 5.55. The van der Waals surface area contributed by atoms with E-state index >= 15 is 0 Å². The number of hydrogen-bond donors (Lipinski definition) is 1. The van der Waals surface area contributed by atoms with E-state index in [1.807, 2.05) is 0 Å². The molecule has 0 aromatic heterocycles. The lowest BCUT2D eigenvalue weighted by Gasteiger charge is -2.20. The molecule has 1 fully saturated rings. The van der Waals surface area contributed by atoms with Crippen LogP contribution in [0.2, 0.25) is 0 Å². The van der Waals surface area contributed by atoms with Gasteiger partial charge in [0.2, 0.25) is 0 Å². The molecule has 0 saturated carbocycles. The first-order chi connectivity index (χ1) is 8.24. The van der Waals surface area contributed by atoms with E-state index in [2.05, 4.69) is 31.0 Å². The van der Waals surface area contributed by atoms with E-state index in [4.69, 9.17) is 4.74 Å². The summed E-state index contributed by atoms with van der Waals surface area (Å²) in [5.74, 6) is 0. The van der Waals surface area contributed by atoms with E-state index in [0.717, 1.165) is 26.2 Å². The quantitative estimate of drug-likeness (QED) is 0.628. The molecule has 102 valence electrons. The van der Waals surface area contributed by atoms with E-state index in [9.17, 15) is 0 Å². The van der Waals surface area contributed by atoms with E-state index in [0.29, 0.717) is 12.1 Å². The van der Waals surface area contributed by atoms with Crippen LogP contribution in [0.5, 0.6) is 0 Å². The third-order valence-electron chi connectivity index (χ3n) is 3.49. The maximum Gasteiger partial charge on any atom is 0.0478 e. The van der Waals surface area contributed by atoms with Gasteiger partial charge in [-0.05, 0) is 46.2 Å². The van der Waals surface area contributed by atoms with Crippen molar-refractivity contribution in [2.24, 2.45) is 0 Å². The summed E-state index contributed by atoms with van der Waals surface area (Å²) in [4.78, 5) is 2.55. The van der Waals surface area contributed by atoms with E-state index in [-0.39, 0.29) is 0 Å². The molecule has 1 N–H and O–H groups in total. The van der Waals surface area contributed by atoms with E-state index < -0.39 is 0 Å². The molecule has 3 heteroatoms. The SMILES string of the molecule is CCCCOCCCNC1CCN(C(C)C)C1. The van der Waals surface area contributed by atoms with E-state index in [1.165, 1.54) is 32.4 Å². The summed E-state index contributed by atoms with van der Waals surface area (Å²) in [6, 6.07) is 1.40. The first-order valence-corrected chi connectivity index (χ1v) is 7.29. The predicted octanol–water partition coefficient (Wildman–Crippen LogP) is 2.27. The molecule has 1 aliphatic rings. The van der Waals surface area contributed by atoms with Crippen LogP contribution in [0.15, 0.2) is 0 Å². The molecule has 0 spiro atoms. The molecule has 0 aliphatic carbocycles. The first-order valence-electron chi connectivity index (χ1n) is 7.29. The van der Waals surface area contributed by atoms with Crippen LogP contribution in [-0.2, 0) is 4.74 Å². The third kappa shape index (κ3) is 6.39. The second-order valence-corrected chi connectivity index (χ2v) is 5.35. The topological polar surface area (TPSA) is 24.5 Å². The van der Waals surface area contributed by atoms with Crippen molar-refractivity contribution < 1.29 is 4.74 Å². The maximum absolute atomic E-state index is 5.55. The number of ether oxygens (including phenoxy) is 1. The first kappa shape index (κ1) is 14.9. The number of nitrogens with one attached hydrogen (secondary N) is 1. The van der Waals surface area contributed by atoms with Crippen LogP contribution >= 0.6 is 0 Å². The van der Waals surface area contributed by atoms with Gasteiger partial charge in [0.15, 0.2) is 0 Å². The smallest absolute Gasteiger partial charge is 0.0478 e. The van der Waals surface area contributed by atoms with Gasteiger partial charge in [-0.3, -0.25) is 4.90 Å². The molecular formula is C14H30N2O. The Morgan fingerprint density at radius 2 is 2.06 bits per heavy atom. The van der Waals surface area contributed by atoms with Crippen molar-refractivity contribution in [3.8, 4) is 0 Å². The second-order valence-electron chi connectivity index (χ2n) is 5.35. The van der Waals surface area contributed by atoms with Crippen molar-refractivity contribution in [1.82, 2.24) is 10.2 Å². The lowest BCUT2D eigenvalue weighted by molar-refractivity contribution is 0.128. The Labute approximate surface area is 107 Å². The van der Waals surface area contributed by atoms with Crippen LogP contribution in [0.4, 0.5) is 0 Å². The van der Waals surface area contributed by atoms with Gasteiger partial charge in [-0.1, -0.05) is 13.3 Å². The Kier molecular flexibility index (Phi) is 7.82. The van der Waals surface area contributed by atoms with Crippen molar-refractivity contribution >= 4 is 0 Å². The van der Waals surface area contributed by atoms with Gasteiger partial charge in [-0.15, -0.1) is 0 Å². The fourth-order valence-electron chi connectivity index (χ4n) is 2.25. The van der Waals surface area contributed by atoms with Crippen LogP contribution < -0.4 is 5.32 Å². The van der Waals surface area contributed by atoms with Gasteiger partial charge < -0.3 is 10.1 Å². The zero-order valence-corrected chi connectivity index (χ0v) is 11.9. The zero-order chi connectivity index (χ0) is 12.5. The third-order valence-corrected chi connectivity index (χ3v) is 3.49. The summed E-state index contributed by atoms with van der Waals surface area (Å²) < 4.78 is 5.55. The molecule has 1 rings (SSSR count). The lowest BCUT2D eigenvalue weighted by atomic mass is 10.2. The molecule has 1 unspecified atom stereocenters. The number of rotatable bonds is 9. The van der Waals surface area contributed by atoms with Gasteiger partial charge in [0, 0.05) is 31.8 Å². The van der Waals surface area contributed by atoms with Gasteiger partial charge in [0.05, 0.1) is 0 Å². The van der Waals surface area contributed by atoms with Crippen LogP contribution in [0.25, 0.3) is 0 Å². The Morgan fingerprint density at radius 3 is 2.71 bits per heavy atom. The highest BCUT2D eigenvalue weighted by Gasteiger charge is 2.23. The number of likely N-dealkylation sites (tertiary alicyclic amines) is 1. The molecule has 0 amide bonds. The summed E-state index contributed by atoms with van der Waals surface area (Å²) >= 11 is 0. The molecule has 1 heterocycles. The molecule has 17 heavy (non-hydrogen) atoms. The molecule has 0 aromatic carbocycles. The average molecular weight is 242 g/mol. The molecule has 1 aliphatic heterocycles. The lowest BCUT2D eigenvalue weighted by Crippen LogP contribution is -2.35. The van der Waals surface area contributed by atoms with Crippen molar-refractivity contribution in [1.29, 1.82) is 0 Å². The second kappa shape index (κ2) is 8.90. The minimum atomic E-state index is 0.694. The Morgan fingerprint density at radius 1 is 1.29 bits per heavy atom. The zero-order valence-electron chi connectivity index (χ0n) is 11.9. The van der Waals surface area contributed by atoms with Gasteiger partial charge in [-0.2, -0.15) is 0 Å². The van der Waals surface area contributed by atoms with Crippen LogP contribution in [0.3, 0.4) is 0 Å². The average Bonchev–Trinajstić information content (AvgIpc) is 2.77.